The second-order valence-corrected chi connectivity index (χ2v) is 5.85. The average molecular weight is 283 g/mol. The smallest absolute Gasteiger partial charge is 0.328 e. The zero-order valence-corrected chi connectivity index (χ0v) is 13.0. The van der Waals surface area contributed by atoms with E-state index in [0.29, 0.717) is 18.8 Å². The number of unbranched alkanes of at least 4 members (excludes halogenated alkanes) is 3. The molecule has 4 heteroatoms. The minimum atomic E-state index is -0.467. The molecule has 0 aromatic rings. The van der Waals surface area contributed by atoms with Crippen LogP contribution in [0.5, 0.6) is 0 Å². The number of carbonyl (C=O) groups excluding carboxylic acids is 2. The van der Waals surface area contributed by atoms with E-state index in [2.05, 4.69) is 12.2 Å². The molecule has 0 aromatic carbocycles. The molecule has 1 saturated carbocycles. The molecule has 0 aliphatic heterocycles. The normalized spacial score (nSPS) is 16.9. The standard InChI is InChI=1S/C16H29NO3/c1-3-4-5-6-11-14(16(19)20-2)17-15(18)12-13-9-7-8-10-13/h13-14H,3-12H2,1-2H3,(H,17,18)/t14-/m0/s1. The number of carbonyl (C=O) groups is 2. The van der Waals surface area contributed by atoms with Crippen molar-refractivity contribution >= 4 is 11.9 Å². The van der Waals surface area contributed by atoms with Crippen molar-refractivity contribution < 1.29 is 14.3 Å². The third-order valence-corrected chi connectivity index (χ3v) is 4.12. The van der Waals surface area contributed by atoms with Crippen LogP contribution in [0.25, 0.3) is 0 Å². The number of esters is 1. The molecule has 0 aromatic heterocycles. The van der Waals surface area contributed by atoms with Crippen LogP contribution in [0.3, 0.4) is 0 Å². The highest BCUT2D eigenvalue weighted by Crippen LogP contribution is 2.27. The first-order valence-corrected chi connectivity index (χ1v) is 8.04. The zero-order valence-electron chi connectivity index (χ0n) is 13.0. The summed E-state index contributed by atoms with van der Waals surface area (Å²) in [6, 6.07) is -0.467. The van der Waals surface area contributed by atoms with E-state index in [4.69, 9.17) is 4.74 Å². The summed E-state index contributed by atoms with van der Waals surface area (Å²) in [6.07, 6.45) is 10.4. The molecule has 1 fully saturated rings. The fraction of sp³-hybridized carbons (Fsp3) is 0.875. The molecule has 1 atom stereocenters. The largest absolute Gasteiger partial charge is 0.467 e. The SMILES string of the molecule is CCCCCC[C@H](NC(=O)CC1CCCC1)C(=O)OC. The van der Waals surface area contributed by atoms with Crippen LogP contribution in [0, 0.1) is 5.92 Å². The Morgan fingerprint density at radius 3 is 2.50 bits per heavy atom. The van der Waals surface area contributed by atoms with Crippen molar-refractivity contribution in [2.24, 2.45) is 5.92 Å². The van der Waals surface area contributed by atoms with Gasteiger partial charge in [0.2, 0.25) is 5.91 Å². The minimum Gasteiger partial charge on any atom is -0.467 e. The molecule has 20 heavy (non-hydrogen) atoms. The predicted molar refractivity (Wildman–Crippen MR) is 79.3 cm³/mol. The van der Waals surface area contributed by atoms with E-state index in [9.17, 15) is 9.59 Å². The Morgan fingerprint density at radius 2 is 1.90 bits per heavy atom. The van der Waals surface area contributed by atoms with Gasteiger partial charge in [-0.25, -0.2) is 4.79 Å². The summed E-state index contributed by atoms with van der Waals surface area (Å²) in [4.78, 5) is 23.7. The van der Waals surface area contributed by atoms with Gasteiger partial charge >= 0.3 is 5.97 Å². The van der Waals surface area contributed by atoms with Gasteiger partial charge in [0, 0.05) is 6.42 Å². The lowest BCUT2D eigenvalue weighted by Gasteiger charge is -2.17. The summed E-state index contributed by atoms with van der Waals surface area (Å²) in [5.74, 6) is 0.192. The molecule has 4 nitrogen and oxygen atoms in total. The molecule has 1 N–H and O–H groups in total. The molecule has 1 rings (SSSR count). The molecule has 1 aliphatic rings. The lowest BCUT2D eigenvalue weighted by Crippen LogP contribution is -2.42. The van der Waals surface area contributed by atoms with Crippen molar-refractivity contribution in [3.8, 4) is 0 Å². The Kier molecular flexibility index (Phi) is 8.31. The van der Waals surface area contributed by atoms with Gasteiger partial charge in [0.25, 0.3) is 0 Å². The van der Waals surface area contributed by atoms with Crippen LogP contribution in [0.2, 0.25) is 0 Å². The molecule has 0 heterocycles. The molecule has 116 valence electrons. The molecular formula is C16H29NO3. The number of nitrogens with one attached hydrogen (secondary N) is 1. The van der Waals surface area contributed by atoms with E-state index < -0.39 is 6.04 Å². The van der Waals surface area contributed by atoms with Gasteiger partial charge in [-0.3, -0.25) is 4.79 Å². The summed E-state index contributed by atoms with van der Waals surface area (Å²) in [7, 11) is 1.38. The highest BCUT2D eigenvalue weighted by molar-refractivity contribution is 5.84. The summed E-state index contributed by atoms with van der Waals surface area (Å²) in [5, 5.41) is 2.86. The van der Waals surface area contributed by atoms with Gasteiger partial charge in [0.05, 0.1) is 7.11 Å². The van der Waals surface area contributed by atoms with Crippen LogP contribution in [0.4, 0.5) is 0 Å². The number of hydrogen-bond acceptors (Lipinski definition) is 3. The number of hydrogen-bond donors (Lipinski definition) is 1. The van der Waals surface area contributed by atoms with E-state index >= 15 is 0 Å². The van der Waals surface area contributed by atoms with Gasteiger partial charge in [0.15, 0.2) is 0 Å². The predicted octanol–water partition coefficient (Wildman–Crippen LogP) is 3.19. The van der Waals surface area contributed by atoms with E-state index in [0.717, 1.165) is 32.1 Å². The van der Waals surface area contributed by atoms with Gasteiger partial charge in [-0.2, -0.15) is 0 Å². The van der Waals surface area contributed by atoms with Crippen molar-refractivity contribution in [3.05, 3.63) is 0 Å². The maximum absolute atomic E-state index is 12.0. The quantitative estimate of drug-likeness (QED) is 0.522. The van der Waals surface area contributed by atoms with E-state index in [-0.39, 0.29) is 11.9 Å². The van der Waals surface area contributed by atoms with Crippen molar-refractivity contribution in [1.29, 1.82) is 0 Å². The van der Waals surface area contributed by atoms with Crippen molar-refractivity contribution in [3.63, 3.8) is 0 Å². The van der Waals surface area contributed by atoms with Gasteiger partial charge < -0.3 is 10.1 Å². The van der Waals surface area contributed by atoms with Gasteiger partial charge in [-0.1, -0.05) is 45.4 Å². The van der Waals surface area contributed by atoms with Gasteiger partial charge in [0.1, 0.15) is 6.04 Å². The Hall–Kier alpha value is -1.06. The van der Waals surface area contributed by atoms with Crippen LogP contribution >= 0.6 is 0 Å². The first-order valence-electron chi connectivity index (χ1n) is 8.04. The Balaban J connectivity index is 2.33. The van der Waals surface area contributed by atoms with Crippen molar-refractivity contribution in [2.45, 2.75) is 77.2 Å². The van der Waals surface area contributed by atoms with Crippen LogP contribution in [-0.4, -0.2) is 25.0 Å². The average Bonchev–Trinajstić information content (AvgIpc) is 2.94. The second kappa shape index (κ2) is 9.78. The maximum Gasteiger partial charge on any atom is 0.328 e. The number of amides is 1. The van der Waals surface area contributed by atoms with E-state index in [1.165, 1.54) is 26.4 Å². The molecule has 1 aliphatic carbocycles. The zero-order chi connectivity index (χ0) is 14.8. The minimum absolute atomic E-state index is 0.00258. The summed E-state index contributed by atoms with van der Waals surface area (Å²) >= 11 is 0. The molecule has 0 spiro atoms. The van der Waals surface area contributed by atoms with Crippen molar-refractivity contribution in [2.75, 3.05) is 7.11 Å². The van der Waals surface area contributed by atoms with Gasteiger partial charge in [-0.15, -0.1) is 0 Å². The van der Waals surface area contributed by atoms with E-state index in [1.807, 2.05) is 0 Å². The summed E-state index contributed by atoms with van der Waals surface area (Å²) < 4.78 is 4.79. The van der Waals surface area contributed by atoms with Crippen LogP contribution in [0.15, 0.2) is 0 Å². The second-order valence-electron chi connectivity index (χ2n) is 5.85. The van der Waals surface area contributed by atoms with Crippen molar-refractivity contribution in [1.82, 2.24) is 5.32 Å². The van der Waals surface area contributed by atoms with Crippen LogP contribution < -0.4 is 5.32 Å². The Morgan fingerprint density at radius 1 is 1.20 bits per heavy atom. The highest BCUT2D eigenvalue weighted by atomic mass is 16.5. The third kappa shape index (κ3) is 6.40. The molecular weight excluding hydrogens is 254 g/mol. The topological polar surface area (TPSA) is 55.4 Å². The molecule has 0 bridgehead atoms. The third-order valence-electron chi connectivity index (χ3n) is 4.12. The molecule has 0 unspecified atom stereocenters. The first kappa shape index (κ1) is 17.0. The fourth-order valence-corrected chi connectivity index (χ4v) is 2.90. The fourth-order valence-electron chi connectivity index (χ4n) is 2.90. The maximum atomic E-state index is 12.0. The van der Waals surface area contributed by atoms with E-state index in [1.54, 1.807) is 0 Å². The lowest BCUT2D eigenvalue weighted by atomic mass is 10.0. The first-order chi connectivity index (χ1) is 9.67. The Bertz CT molecular complexity index is 298. The summed E-state index contributed by atoms with van der Waals surface area (Å²) in [6.45, 7) is 2.15. The molecule has 1 amide bonds. The number of ether oxygens (including phenoxy) is 1. The lowest BCUT2D eigenvalue weighted by molar-refractivity contribution is -0.145. The molecule has 0 radical (unpaired) electrons. The van der Waals surface area contributed by atoms with Crippen LogP contribution in [-0.2, 0) is 14.3 Å². The monoisotopic (exact) mass is 283 g/mol. The Labute approximate surface area is 122 Å². The van der Waals surface area contributed by atoms with Gasteiger partial charge in [-0.05, 0) is 25.2 Å². The van der Waals surface area contributed by atoms with Crippen LogP contribution in [0.1, 0.15) is 71.1 Å². The number of rotatable bonds is 9. The number of methoxy groups -OCH3 is 1. The highest BCUT2D eigenvalue weighted by Gasteiger charge is 2.24. The molecule has 0 saturated heterocycles. The summed E-state index contributed by atoms with van der Waals surface area (Å²) in [5.41, 5.74) is 0.